The standard InChI is InChI=1S/C12H14N2O2/c1-3-5-6-7-11(4-2)16-12(15)14-9-8-13-10-14/h3-10H,1-2H3/b5-3-,7-6-,11-4+. The first-order valence-corrected chi connectivity index (χ1v) is 4.93. The van der Waals surface area contributed by atoms with Gasteiger partial charge < -0.3 is 4.74 Å². The minimum Gasteiger partial charge on any atom is -0.410 e. The van der Waals surface area contributed by atoms with Crippen molar-refractivity contribution in [1.82, 2.24) is 9.55 Å². The van der Waals surface area contributed by atoms with Crippen LogP contribution in [0.5, 0.6) is 0 Å². The number of carbonyl (C=O) groups is 1. The van der Waals surface area contributed by atoms with Gasteiger partial charge in [-0.3, -0.25) is 0 Å². The van der Waals surface area contributed by atoms with E-state index in [2.05, 4.69) is 4.98 Å². The summed E-state index contributed by atoms with van der Waals surface area (Å²) in [7, 11) is 0. The van der Waals surface area contributed by atoms with Crippen LogP contribution in [-0.4, -0.2) is 15.6 Å². The minimum atomic E-state index is -0.476. The number of nitrogens with zero attached hydrogens (tertiary/aromatic N) is 2. The van der Waals surface area contributed by atoms with Gasteiger partial charge in [0.15, 0.2) is 0 Å². The van der Waals surface area contributed by atoms with E-state index in [0.29, 0.717) is 5.76 Å². The van der Waals surface area contributed by atoms with Crippen LogP contribution in [0.2, 0.25) is 0 Å². The summed E-state index contributed by atoms with van der Waals surface area (Å²) in [6.45, 7) is 3.72. The van der Waals surface area contributed by atoms with Crippen molar-refractivity contribution in [3.8, 4) is 0 Å². The summed E-state index contributed by atoms with van der Waals surface area (Å²) in [5.74, 6) is 0.497. The Balaban J connectivity index is 2.61. The molecule has 4 nitrogen and oxygen atoms in total. The predicted molar refractivity (Wildman–Crippen MR) is 61.8 cm³/mol. The van der Waals surface area contributed by atoms with Crippen LogP contribution in [0.25, 0.3) is 0 Å². The highest BCUT2D eigenvalue weighted by Gasteiger charge is 2.05. The summed E-state index contributed by atoms with van der Waals surface area (Å²) in [5, 5.41) is 0. The summed E-state index contributed by atoms with van der Waals surface area (Å²) in [5.41, 5.74) is 0. The van der Waals surface area contributed by atoms with Gasteiger partial charge in [-0.2, -0.15) is 0 Å². The van der Waals surface area contributed by atoms with Crippen LogP contribution in [0, 0.1) is 0 Å². The summed E-state index contributed by atoms with van der Waals surface area (Å²) >= 11 is 0. The molecule has 0 saturated carbocycles. The maximum atomic E-state index is 11.5. The molecular formula is C12H14N2O2. The van der Waals surface area contributed by atoms with E-state index in [0.717, 1.165) is 0 Å². The van der Waals surface area contributed by atoms with Crippen LogP contribution in [0.15, 0.2) is 54.9 Å². The maximum Gasteiger partial charge on any atom is 0.424 e. The Morgan fingerprint density at radius 2 is 2.19 bits per heavy atom. The topological polar surface area (TPSA) is 44.1 Å². The zero-order valence-electron chi connectivity index (χ0n) is 9.33. The third-order valence-corrected chi connectivity index (χ3v) is 1.77. The van der Waals surface area contributed by atoms with Gasteiger partial charge in [0.25, 0.3) is 0 Å². The molecule has 0 aliphatic carbocycles. The molecule has 84 valence electrons. The van der Waals surface area contributed by atoms with Crippen LogP contribution in [0.1, 0.15) is 13.8 Å². The zero-order chi connectivity index (χ0) is 11.8. The van der Waals surface area contributed by atoms with E-state index < -0.39 is 6.09 Å². The van der Waals surface area contributed by atoms with Crippen LogP contribution < -0.4 is 0 Å². The van der Waals surface area contributed by atoms with Crippen molar-refractivity contribution >= 4 is 6.09 Å². The summed E-state index contributed by atoms with van der Waals surface area (Å²) in [4.78, 5) is 15.3. The van der Waals surface area contributed by atoms with Gasteiger partial charge in [0.05, 0.1) is 0 Å². The molecule has 0 atom stereocenters. The van der Waals surface area contributed by atoms with Crippen molar-refractivity contribution in [2.75, 3.05) is 0 Å². The largest absolute Gasteiger partial charge is 0.424 e. The van der Waals surface area contributed by atoms with E-state index in [1.165, 1.54) is 23.3 Å². The van der Waals surface area contributed by atoms with Gasteiger partial charge in [0.1, 0.15) is 12.1 Å². The van der Waals surface area contributed by atoms with Gasteiger partial charge in [0, 0.05) is 12.4 Å². The fourth-order valence-electron chi connectivity index (χ4n) is 0.971. The van der Waals surface area contributed by atoms with Crippen LogP contribution >= 0.6 is 0 Å². The molecule has 1 aromatic rings. The van der Waals surface area contributed by atoms with Crippen molar-refractivity contribution in [3.05, 3.63) is 54.9 Å². The first kappa shape index (κ1) is 12.0. The molecule has 0 aliphatic heterocycles. The maximum absolute atomic E-state index is 11.5. The number of rotatable bonds is 3. The molecule has 1 rings (SSSR count). The summed E-state index contributed by atoms with van der Waals surface area (Å²) in [6, 6.07) is 0. The number of ether oxygens (including phenoxy) is 1. The van der Waals surface area contributed by atoms with Crippen molar-refractivity contribution in [1.29, 1.82) is 0 Å². The molecule has 1 aromatic heterocycles. The molecule has 0 spiro atoms. The molecule has 0 aliphatic rings. The summed E-state index contributed by atoms with van der Waals surface area (Å²) < 4.78 is 6.39. The second-order valence-corrected chi connectivity index (χ2v) is 2.91. The van der Waals surface area contributed by atoms with Crippen molar-refractivity contribution in [2.45, 2.75) is 13.8 Å². The van der Waals surface area contributed by atoms with Gasteiger partial charge in [-0.05, 0) is 26.0 Å². The second-order valence-electron chi connectivity index (χ2n) is 2.91. The molecule has 0 radical (unpaired) electrons. The number of carbonyl (C=O) groups excluding carboxylic acids is 1. The Bertz CT molecular complexity index is 414. The van der Waals surface area contributed by atoms with Crippen LogP contribution in [0.4, 0.5) is 4.79 Å². The quantitative estimate of drug-likeness (QED) is 0.578. The number of hydrogen-bond donors (Lipinski definition) is 0. The molecule has 0 saturated heterocycles. The molecule has 0 amide bonds. The Morgan fingerprint density at radius 1 is 1.38 bits per heavy atom. The first-order chi connectivity index (χ1) is 7.77. The van der Waals surface area contributed by atoms with E-state index in [4.69, 9.17) is 4.74 Å². The van der Waals surface area contributed by atoms with Gasteiger partial charge in [-0.15, -0.1) is 0 Å². The second kappa shape index (κ2) is 6.40. The number of hydrogen-bond acceptors (Lipinski definition) is 3. The van der Waals surface area contributed by atoms with Gasteiger partial charge in [-0.1, -0.05) is 18.2 Å². The van der Waals surface area contributed by atoms with Crippen molar-refractivity contribution < 1.29 is 9.53 Å². The van der Waals surface area contributed by atoms with E-state index >= 15 is 0 Å². The van der Waals surface area contributed by atoms with Gasteiger partial charge in [0.2, 0.25) is 0 Å². The number of imidazole rings is 1. The van der Waals surface area contributed by atoms with Gasteiger partial charge in [-0.25, -0.2) is 14.3 Å². The Labute approximate surface area is 94.6 Å². The first-order valence-electron chi connectivity index (χ1n) is 4.93. The van der Waals surface area contributed by atoms with E-state index in [-0.39, 0.29) is 0 Å². The third-order valence-electron chi connectivity index (χ3n) is 1.77. The van der Waals surface area contributed by atoms with E-state index in [1.54, 1.807) is 25.2 Å². The SMILES string of the molecule is C\C=C/C=C\C(=C/C)OC(=O)n1ccnc1. The smallest absolute Gasteiger partial charge is 0.410 e. The highest BCUT2D eigenvalue weighted by molar-refractivity contribution is 5.71. The molecule has 0 N–H and O–H groups in total. The molecule has 0 aromatic carbocycles. The lowest BCUT2D eigenvalue weighted by atomic mass is 10.4. The number of aromatic nitrogens is 2. The Hall–Kier alpha value is -2.10. The molecule has 16 heavy (non-hydrogen) atoms. The Kier molecular flexibility index (Phi) is 4.79. The molecule has 1 heterocycles. The fraction of sp³-hybridized carbons (Fsp3) is 0.167. The molecule has 0 unspecified atom stereocenters. The monoisotopic (exact) mass is 218 g/mol. The summed E-state index contributed by atoms with van der Waals surface area (Å²) in [6.07, 6.45) is 13.0. The van der Waals surface area contributed by atoms with Gasteiger partial charge >= 0.3 is 6.09 Å². The molecule has 4 heteroatoms. The molecule has 0 fully saturated rings. The van der Waals surface area contributed by atoms with E-state index in [9.17, 15) is 4.79 Å². The van der Waals surface area contributed by atoms with Crippen LogP contribution in [-0.2, 0) is 4.74 Å². The lowest BCUT2D eigenvalue weighted by Gasteiger charge is -2.03. The van der Waals surface area contributed by atoms with E-state index in [1.807, 2.05) is 19.1 Å². The highest BCUT2D eigenvalue weighted by Crippen LogP contribution is 2.03. The average molecular weight is 218 g/mol. The lowest BCUT2D eigenvalue weighted by Crippen LogP contribution is -2.10. The molecule has 0 bridgehead atoms. The number of allylic oxidation sites excluding steroid dienone is 5. The third kappa shape index (κ3) is 3.57. The van der Waals surface area contributed by atoms with Crippen molar-refractivity contribution in [3.63, 3.8) is 0 Å². The zero-order valence-corrected chi connectivity index (χ0v) is 9.33. The average Bonchev–Trinajstić information content (AvgIpc) is 2.81. The highest BCUT2D eigenvalue weighted by atomic mass is 16.6. The van der Waals surface area contributed by atoms with Crippen LogP contribution in [0.3, 0.4) is 0 Å². The fourth-order valence-corrected chi connectivity index (χ4v) is 0.971. The lowest BCUT2D eigenvalue weighted by molar-refractivity contribution is 0.180. The molecular weight excluding hydrogens is 204 g/mol. The predicted octanol–water partition coefficient (Wildman–Crippen LogP) is 2.90. The Morgan fingerprint density at radius 3 is 2.75 bits per heavy atom. The normalized spacial score (nSPS) is 12.5. The minimum absolute atomic E-state index is 0.476. The van der Waals surface area contributed by atoms with Crippen molar-refractivity contribution in [2.24, 2.45) is 0 Å².